The maximum atomic E-state index is 5.41. The molecule has 0 atom stereocenters. The molecule has 4 aromatic rings. The molecule has 0 unspecified atom stereocenters. The normalized spacial score (nSPS) is 10.9. The van der Waals surface area contributed by atoms with Crippen molar-refractivity contribution in [2.24, 2.45) is 0 Å². The van der Waals surface area contributed by atoms with E-state index in [0.717, 1.165) is 33.9 Å². The van der Waals surface area contributed by atoms with E-state index in [2.05, 4.69) is 47.9 Å². The highest BCUT2D eigenvalue weighted by molar-refractivity contribution is 5.84. The van der Waals surface area contributed by atoms with Crippen molar-refractivity contribution in [2.45, 2.75) is 6.92 Å². The van der Waals surface area contributed by atoms with Crippen LogP contribution in [0.15, 0.2) is 72.8 Å². The summed E-state index contributed by atoms with van der Waals surface area (Å²) in [6, 6.07) is 24.7. The van der Waals surface area contributed by atoms with Gasteiger partial charge in [0, 0.05) is 17.3 Å². The van der Waals surface area contributed by atoms with Crippen molar-refractivity contribution in [1.82, 2.24) is 9.55 Å². The smallest absolute Gasteiger partial charge is 0.145 e. The van der Waals surface area contributed by atoms with Gasteiger partial charge in [-0.1, -0.05) is 42.0 Å². The van der Waals surface area contributed by atoms with Crippen LogP contribution in [-0.4, -0.2) is 16.7 Å². The van der Waals surface area contributed by atoms with Gasteiger partial charge in [-0.15, -0.1) is 0 Å². The zero-order chi connectivity index (χ0) is 16.5. The van der Waals surface area contributed by atoms with Crippen LogP contribution in [0.1, 0.15) is 5.56 Å². The number of methoxy groups -OCH3 is 1. The fourth-order valence-corrected chi connectivity index (χ4v) is 3.00. The van der Waals surface area contributed by atoms with Gasteiger partial charge in [0.15, 0.2) is 0 Å². The second-order valence-corrected chi connectivity index (χ2v) is 5.83. The monoisotopic (exact) mass is 314 g/mol. The first-order chi connectivity index (χ1) is 11.8. The van der Waals surface area contributed by atoms with Gasteiger partial charge in [-0.2, -0.15) is 0 Å². The number of benzene rings is 3. The summed E-state index contributed by atoms with van der Waals surface area (Å²) in [4.78, 5) is 4.88. The molecule has 0 radical (unpaired) electrons. The molecule has 24 heavy (non-hydrogen) atoms. The molecule has 0 aliphatic heterocycles. The van der Waals surface area contributed by atoms with Crippen LogP contribution in [0.4, 0.5) is 0 Å². The van der Waals surface area contributed by atoms with Crippen LogP contribution in [0.5, 0.6) is 5.75 Å². The average molecular weight is 314 g/mol. The van der Waals surface area contributed by atoms with Crippen LogP contribution in [0, 0.1) is 6.92 Å². The molecule has 3 nitrogen and oxygen atoms in total. The summed E-state index contributed by atoms with van der Waals surface area (Å²) in [6.45, 7) is 2.10. The Morgan fingerprint density at radius 3 is 2.46 bits per heavy atom. The Morgan fingerprint density at radius 1 is 0.875 bits per heavy atom. The molecule has 0 saturated carbocycles. The Balaban J connectivity index is 2.06. The summed E-state index contributed by atoms with van der Waals surface area (Å²) in [7, 11) is 1.69. The number of aromatic nitrogens is 2. The van der Waals surface area contributed by atoms with E-state index in [-0.39, 0.29) is 0 Å². The average Bonchev–Trinajstić information content (AvgIpc) is 3.01. The second kappa shape index (κ2) is 5.85. The van der Waals surface area contributed by atoms with E-state index in [1.165, 1.54) is 5.56 Å². The number of hydrogen-bond donors (Lipinski definition) is 0. The van der Waals surface area contributed by atoms with E-state index < -0.39 is 0 Å². The molecule has 0 fully saturated rings. The Morgan fingerprint density at radius 2 is 1.71 bits per heavy atom. The summed E-state index contributed by atoms with van der Waals surface area (Å²) in [5.41, 5.74) is 5.41. The van der Waals surface area contributed by atoms with Gasteiger partial charge >= 0.3 is 0 Å². The van der Waals surface area contributed by atoms with Gasteiger partial charge in [-0.25, -0.2) is 4.98 Å². The van der Waals surface area contributed by atoms with Crippen molar-refractivity contribution in [2.75, 3.05) is 7.11 Å². The highest BCUT2D eigenvalue weighted by Crippen LogP contribution is 2.31. The third-order valence-electron chi connectivity index (χ3n) is 4.15. The number of para-hydroxylation sites is 1. The number of rotatable bonds is 3. The predicted octanol–water partition coefficient (Wildman–Crippen LogP) is 5.01. The molecule has 1 heterocycles. The number of nitrogens with zero attached hydrogens (tertiary/aromatic N) is 2. The molecular weight excluding hydrogens is 296 g/mol. The Labute approximate surface area is 141 Å². The third-order valence-corrected chi connectivity index (χ3v) is 4.15. The summed E-state index contributed by atoms with van der Waals surface area (Å²) >= 11 is 0. The van der Waals surface area contributed by atoms with Gasteiger partial charge < -0.3 is 4.74 Å². The molecule has 0 aliphatic carbocycles. The number of ether oxygens (including phenoxy) is 1. The molecule has 118 valence electrons. The Hall–Kier alpha value is -3.07. The number of aryl methyl sites for hydroxylation is 1. The molecule has 1 aromatic heterocycles. The van der Waals surface area contributed by atoms with Crippen molar-refractivity contribution in [3.05, 3.63) is 78.4 Å². The summed E-state index contributed by atoms with van der Waals surface area (Å²) in [5, 5.41) is 0. The maximum absolute atomic E-state index is 5.41. The molecule has 0 aliphatic rings. The largest absolute Gasteiger partial charge is 0.497 e. The van der Waals surface area contributed by atoms with E-state index >= 15 is 0 Å². The van der Waals surface area contributed by atoms with Gasteiger partial charge in [-0.05, 0) is 37.3 Å². The Bertz CT molecular complexity index is 1000. The first-order valence-electron chi connectivity index (χ1n) is 7.95. The zero-order valence-corrected chi connectivity index (χ0v) is 13.7. The van der Waals surface area contributed by atoms with Gasteiger partial charge in [0.25, 0.3) is 0 Å². The van der Waals surface area contributed by atoms with Gasteiger partial charge in [-0.3, -0.25) is 4.57 Å². The predicted molar refractivity (Wildman–Crippen MR) is 97.8 cm³/mol. The van der Waals surface area contributed by atoms with E-state index in [9.17, 15) is 0 Å². The lowest BCUT2D eigenvalue weighted by Crippen LogP contribution is -1.97. The first kappa shape index (κ1) is 14.5. The van der Waals surface area contributed by atoms with Crippen LogP contribution in [0.2, 0.25) is 0 Å². The highest BCUT2D eigenvalue weighted by atomic mass is 16.5. The lowest BCUT2D eigenvalue weighted by molar-refractivity contribution is 0.415. The Kier molecular flexibility index (Phi) is 3.54. The standard InChI is InChI=1S/C21H18N2O/c1-15-7-6-8-16(13-15)21-22-19-12-11-18(24-2)14-20(19)23(21)17-9-4-3-5-10-17/h3-14H,1-2H3. The van der Waals surface area contributed by atoms with Crippen LogP contribution in [-0.2, 0) is 0 Å². The van der Waals surface area contributed by atoms with Crippen LogP contribution in [0.3, 0.4) is 0 Å². The van der Waals surface area contributed by atoms with Gasteiger partial charge in [0.1, 0.15) is 11.6 Å². The van der Waals surface area contributed by atoms with Crippen LogP contribution >= 0.6 is 0 Å². The summed E-state index contributed by atoms with van der Waals surface area (Å²) in [6.07, 6.45) is 0. The minimum atomic E-state index is 0.829. The van der Waals surface area contributed by atoms with Crippen LogP contribution in [0.25, 0.3) is 28.1 Å². The number of fused-ring (bicyclic) bond motifs is 1. The topological polar surface area (TPSA) is 27.1 Å². The van der Waals surface area contributed by atoms with Gasteiger partial charge in [0.05, 0.1) is 18.1 Å². The van der Waals surface area contributed by atoms with E-state index in [4.69, 9.17) is 9.72 Å². The number of hydrogen-bond acceptors (Lipinski definition) is 2. The minimum Gasteiger partial charge on any atom is -0.497 e. The van der Waals surface area contributed by atoms with Crippen molar-refractivity contribution in [3.8, 4) is 22.8 Å². The van der Waals surface area contributed by atoms with E-state index in [1.54, 1.807) is 7.11 Å². The molecule has 0 spiro atoms. The SMILES string of the molecule is COc1ccc2nc(-c3cccc(C)c3)n(-c3ccccc3)c2c1. The molecule has 0 saturated heterocycles. The third kappa shape index (κ3) is 2.44. The molecule has 3 heteroatoms. The zero-order valence-electron chi connectivity index (χ0n) is 13.7. The lowest BCUT2D eigenvalue weighted by Gasteiger charge is -2.10. The fourth-order valence-electron chi connectivity index (χ4n) is 3.00. The second-order valence-electron chi connectivity index (χ2n) is 5.83. The van der Waals surface area contributed by atoms with E-state index in [0.29, 0.717) is 0 Å². The quantitative estimate of drug-likeness (QED) is 0.531. The summed E-state index contributed by atoms with van der Waals surface area (Å²) < 4.78 is 7.59. The minimum absolute atomic E-state index is 0.829. The molecule has 4 rings (SSSR count). The summed E-state index contributed by atoms with van der Waals surface area (Å²) in [5.74, 6) is 1.77. The van der Waals surface area contributed by atoms with Crippen molar-refractivity contribution in [3.63, 3.8) is 0 Å². The fraction of sp³-hybridized carbons (Fsp3) is 0.0952. The van der Waals surface area contributed by atoms with Crippen molar-refractivity contribution >= 4 is 11.0 Å². The molecular formula is C21H18N2O. The van der Waals surface area contributed by atoms with E-state index in [1.807, 2.05) is 36.4 Å². The van der Waals surface area contributed by atoms with Gasteiger partial charge in [0.2, 0.25) is 0 Å². The van der Waals surface area contributed by atoms with Crippen LogP contribution < -0.4 is 4.74 Å². The van der Waals surface area contributed by atoms with Crippen molar-refractivity contribution < 1.29 is 4.74 Å². The first-order valence-corrected chi connectivity index (χ1v) is 7.95. The lowest BCUT2D eigenvalue weighted by atomic mass is 10.1. The maximum Gasteiger partial charge on any atom is 0.145 e. The number of imidazole rings is 1. The highest BCUT2D eigenvalue weighted by Gasteiger charge is 2.15. The molecule has 0 N–H and O–H groups in total. The molecule has 0 bridgehead atoms. The van der Waals surface area contributed by atoms with Crippen molar-refractivity contribution in [1.29, 1.82) is 0 Å². The molecule has 3 aromatic carbocycles. The molecule has 0 amide bonds.